The van der Waals surface area contributed by atoms with Crippen molar-refractivity contribution in [2.45, 2.75) is 20.3 Å². The first-order valence-electron chi connectivity index (χ1n) is 2.78. The molecule has 0 saturated carbocycles. The average molecular weight is 151 g/mol. The Morgan fingerprint density at radius 2 is 2.11 bits per heavy atom. The van der Waals surface area contributed by atoms with Gasteiger partial charge in [0.05, 0.1) is 0 Å². The Balaban J connectivity index is 3.75. The van der Waals surface area contributed by atoms with Crippen molar-refractivity contribution in [2.75, 3.05) is 0 Å². The second-order valence-electron chi connectivity index (χ2n) is 2.04. The molecule has 0 aromatic carbocycles. The van der Waals surface area contributed by atoms with Crippen LogP contribution in [-0.2, 0) is 10.1 Å². The van der Waals surface area contributed by atoms with Crippen molar-refractivity contribution in [3.05, 3.63) is 5.75 Å². The fourth-order valence-corrected chi connectivity index (χ4v) is 1.17. The molecule has 3 nitrogen and oxygen atoms in total. The highest BCUT2D eigenvalue weighted by Gasteiger charge is 2.10. The van der Waals surface area contributed by atoms with E-state index in [2.05, 4.69) is 0 Å². The van der Waals surface area contributed by atoms with Crippen molar-refractivity contribution in [3.8, 4) is 0 Å². The summed E-state index contributed by atoms with van der Waals surface area (Å²) in [5, 5.41) is 0. The molecule has 1 unspecified atom stereocenters. The predicted molar refractivity (Wildman–Crippen MR) is 35.3 cm³/mol. The normalized spacial score (nSPS) is 15.4. The molecular weight excluding hydrogens is 140 g/mol. The molecular formula is C5H11O3S. The third-order valence-corrected chi connectivity index (χ3v) is 1.86. The van der Waals surface area contributed by atoms with Crippen LogP contribution >= 0.6 is 0 Å². The maximum absolute atomic E-state index is 10.1. The summed E-state index contributed by atoms with van der Waals surface area (Å²) in [6, 6.07) is 0. The van der Waals surface area contributed by atoms with Gasteiger partial charge in [0, 0.05) is 0 Å². The molecule has 0 aliphatic carbocycles. The van der Waals surface area contributed by atoms with Gasteiger partial charge in [-0.15, -0.1) is 0 Å². The van der Waals surface area contributed by atoms with Crippen LogP contribution in [0.2, 0.25) is 0 Å². The highest BCUT2D eigenvalue weighted by molar-refractivity contribution is 7.87. The summed E-state index contributed by atoms with van der Waals surface area (Å²) in [6.45, 7) is 3.58. The molecule has 1 atom stereocenters. The van der Waals surface area contributed by atoms with E-state index in [4.69, 9.17) is 4.55 Å². The summed E-state index contributed by atoms with van der Waals surface area (Å²) in [5.74, 6) is 0.868. The van der Waals surface area contributed by atoms with Crippen molar-refractivity contribution in [1.29, 1.82) is 0 Å². The van der Waals surface area contributed by atoms with E-state index in [1.54, 1.807) is 6.92 Å². The zero-order valence-electron chi connectivity index (χ0n) is 5.53. The van der Waals surface area contributed by atoms with E-state index in [0.29, 0.717) is 0 Å². The van der Waals surface area contributed by atoms with E-state index in [9.17, 15) is 8.42 Å². The molecule has 1 radical (unpaired) electrons. The van der Waals surface area contributed by atoms with Crippen LogP contribution in [-0.4, -0.2) is 13.0 Å². The molecule has 1 N–H and O–H groups in total. The summed E-state index contributed by atoms with van der Waals surface area (Å²) in [5.41, 5.74) is 0. The lowest BCUT2D eigenvalue weighted by atomic mass is 10.2. The van der Waals surface area contributed by atoms with E-state index < -0.39 is 10.1 Å². The van der Waals surface area contributed by atoms with Crippen molar-refractivity contribution in [3.63, 3.8) is 0 Å². The van der Waals surface area contributed by atoms with E-state index in [0.717, 1.165) is 12.2 Å². The molecule has 0 aromatic rings. The number of rotatable bonds is 3. The van der Waals surface area contributed by atoms with E-state index in [1.165, 1.54) is 0 Å². The SMILES string of the molecule is CCC(C)[CH]S(=O)(=O)O. The van der Waals surface area contributed by atoms with Crippen LogP contribution in [0.4, 0.5) is 0 Å². The molecule has 4 heteroatoms. The smallest absolute Gasteiger partial charge is 0.269 e. The lowest BCUT2D eigenvalue weighted by Gasteiger charge is -2.02. The van der Waals surface area contributed by atoms with Crippen LogP contribution in [0.3, 0.4) is 0 Å². The van der Waals surface area contributed by atoms with Gasteiger partial charge >= 0.3 is 0 Å². The largest absolute Gasteiger partial charge is 0.285 e. The monoisotopic (exact) mass is 151 g/mol. The van der Waals surface area contributed by atoms with Gasteiger partial charge in [-0.05, 0) is 5.92 Å². The van der Waals surface area contributed by atoms with Gasteiger partial charge in [0.15, 0.2) is 0 Å². The zero-order chi connectivity index (χ0) is 7.49. The Bertz CT molecular complexity index is 159. The molecule has 0 spiro atoms. The molecule has 0 rings (SSSR count). The molecule has 55 valence electrons. The third kappa shape index (κ3) is 5.79. The summed E-state index contributed by atoms with van der Waals surface area (Å²) in [6.07, 6.45) is 0.722. The highest BCUT2D eigenvalue weighted by Crippen LogP contribution is 2.08. The Labute approximate surface area is 55.8 Å². The van der Waals surface area contributed by atoms with Gasteiger partial charge in [0.1, 0.15) is 5.75 Å². The van der Waals surface area contributed by atoms with Crippen LogP contribution in [0.25, 0.3) is 0 Å². The zero-order valence-corrected chi connectivity index (χ0v) is 6.35. The van der Waals surface area contributed by atoms with Gasteiger partial charge in [-0.3, -0.25) is 4.55 Å². The minimum atomic E-state index is -3.86. The quantitative estimate of drug-likeness (QED) is 0.614. The van der Waals surface area contributed by atoms with Gasteiger partial charge in [-0.2, -0.15) is 8.42 Å². The summed E-state index contributed by atoms with van der Waals surface area (Å²) in [7, 11) is -3.86. The molecule has 0 aromatic heterocycles. The summed E-state index contributed by atoms with van der Waals surface area (Å²) in [4.78, 5) is 0. The standard InChI is InChI=1S/C5H11O3S/c1-3-5(2)4-9(6,7)8/h4-5H,3H2,1-2H3,(H,6,7,8). The first kappa shape index (κ1) is 8.91. The predicted octanol–water partition coefficient (Wildman–Crippen LogP) is 1.08. The Kier molecular flexibility index (Phi) is 3.14. The average Bonchev–Trinajstić information content (AvgIpc) is 1.62. The molecule has 0 amide bonds. The highest BCUT2D eigenvalue weighted by atomic mass is 32.2. The molecule has 0 fully saturated rings. The Morgan fingerprint density at radius 1 is 1.67 bits per heavy atom. The van der Waals surface area contributed by atoms with Crippen LogP contribution in [0.1, 0.15) is 20.3 Å². The molecule has 0 aliphatic rings. The Morgan fingerprint density at radius 3 is 2.22 bits per heavy atom. The minimum Gasteiger partial charge on any atom is -0.285 e. The van der Waals surface area contributed by atoms with Crippen molar-refractivity contribution < 1.29 is 13.0 Å². The van der Waals surface area contributed by atoms with Gasteiger partial charge < -0.3 is 0 Å². The topological polar surface area (TPSA) is 54.4 Å². The first-order chi connectivity index (χ1) is 3.95. The minimum absolute atomic E-state index is 0.0694. The van der Waals surface area contributed by atoms with Gasteiger partial charge in [0.25, 0.3) is 10.1 Å². The van der Waals surface area contributed by atoms with Gasteiger partial charge in [0.2, 0.25) is 0 Å². The molecule has 0 heterocycles. The van der Waals surface area contributed by atoms with Gasteiger partial charge in [-0.1, -0.05) is 20.3 Å². The van der Waals surface area contributed by atoms with E-state index in [1.807, 2.05) is 6.92 Å². The molecule has 0 saturated heterocycles. The molecule has 0 aliphatic heterocycles. The first-order valence-corrected chi connectivity index (χ1v) is 4.28. The maximum Gasteiger partial charge on any atom is 0.269 e. The maximum atomic E-state index is 10.1. The number of hydrogen-bond donors (Lipinski definition) is 1. The third-order valence-electron chi connectivity index (χ3n) is 1.05. The van der Waals surface area contributed by atoms with Gasteiger partial charge in [-0.25, -0.2) is 0 Å². The van der Waals surface area contributed by atoms with Crippen LogP contribution in [0, 0.1) is 11.7 Å². The Hall–Kier alpha value is -0.0900. The lowest BCUT2D eigenvalue weighted by molar-refractivity contribution is 0.480. The van der Waals surface area contributed by atoms with Crippen molar-refractivity contribution in [1.82, 2.24) is 0 Å². The van der Waals surface area contributed by atoms with E-state index in [-0.39, 0.29) is 5.92 Å². The van der Waals surface area contributed by atoms with Crippen molar-refractivity contribution in [2.24, 2.45) is 5.92 Å². The molecule has 9 heavy (non-hydrogen) atoms. The fourth-order valence-electron chi connectivity index (χ4n) is 0.390. The second-order valence-corrected chi connectivity index (χ2v) is 3.34. The van der Waals surface area contributed by atoms with E-state index >= 15 is 0 Å². The van der Waals surface area contributed by atoms with Crippen LogP contribution < -0.4 is 0 Å². The lowest BCUT2D eigenvalue weighted by Crippen LogP contribution is -2.04. The van der Waals surface area contributed by atoms with Crippen LogP contribution in [0.15, 0.2) is 0 Å². The molecule has 0 bridgehead atoms. The summed E-state index contributed by atoms with van der Waals surface area (Å²) < 4.78 is 28.4. The second kappa shape index (κ2) is 3.17. The summed E-state index contributed by atoms with van der Waals surface area (Å²) >= 11 is 0. The van der Waals surface area contributed by atoms with Crippen LogP contribution in [0.5, 0.6) is 0 Å². The number of hydrogen-bond acceptors (Lipinski definition) is 2. The fraction of sp³-hybridized carbons (Fsp3) is 0.800. The van der Waals surface area contributed by atoms with Crippen molar-refractivity contribution >= 4 is 10.1 Å².